The van der Waals surface area contributed by atoms with E-state index in [2.05, 4.69) is 63.4 Å². The Labute approximate surface area is 192 Å². The summed E-state index contributed by atoms with van der Waals surface area (Å²) >= 11 is 0. The van der Waals surface area contributed by atoms with E-state index in [1.807, 2.05) is 12.3 Å². The highest BCUT2D eigenvalue weighted by molar-refractivity contribution is 5.43. The largest absolute Gasteiger partial charge is 0.494 e. The number of nitrogens with one attached hydrogen (secondary N) is 1. The van der Waals surface area contributed by atoms with Gasteiger partial charge in [-0.1, -0.05) is 25.0 Å². The second-order valence-corrected chi connectivity index (χ2v) is 9.32. The van der Waals surface area contributed by atoms with E-state index < -0.39 is 0 Å². The number of rotatable bonds is 10. The van der Waals surface area contributed by atoms with Crippen LogP contribution < -0.4 is 15.0 Å². The number of nitrogens with zero attached hydrogens (tertiary/aromatic N) is 5. The maximum atomic E-state index is 5.83. The van der Waals surface area contributed by atoms with Crippen LogP contribution in [0.5, 0.6) is 5.75 Å². The van der Waals surface area contributed by atoms with E-state index in [4.69, 9.17) is 9.72 Å². The van der Waals surface area contributed by atoms with Crippen LogP contribution in [0.3, 0.4) is 0 Å². The molecule has 7 heteroatoms. The average molecular weight is 439 g/mol. The predicted molar refractivity (Wildman–Crippen MR) is 131 cm³/mol. The van der Waals surface area contributed by atoms with Crippen molar-refractivity contribution in [1.29, 1.82) is 0 Å². The maximum absolute atomic E-state index is 5.83. The number of hydrogen-bond acceptors (Lipinski definition) is 7. The summed E-state index contributed by atoms with van der Waals surface area (Å²) in [5.41, 5.74) is 1.32. The molecule has 2 aliphatic rings. The van der Waals surface area contributed by atoms with Crippen LogP contribution in [0, 0.1) is 0 Å². The molecule has 174 valence electrons. The van der Waals surface area contributed by atoms with Crippen molar-refractivity contribution in [2.45, 2.75) is 44.7 Å². The van der Waals surface area contributed by atoms with E-state index >= 15 is 0 Å². The number of ether oxygens (including phenoxy) is 1. The topological polar surface area (TPSA) is 56.8 Å². The van der Waals surface area contributed by atoms with Gasteiger partial charge in [-0.3, -0.25) is 4.90 Å². The number of hydrogen-bond donors (Lipinski definition) is 1. The fraction of sp³-hybridized carbons (Fsp3) is 0.600. The van der Waals surface area contributed by atoms with E-state index in [0.29, 0.717) is 6.04 Å². The van der Waals surface area contributed by atoms with Gasteiger partial charge in [-0.25, -0.2) is 4.98 Å². The third-order valence-corrected chi connectivity index (χ3v) is 6.21. The van der Waals surface area contributed by atoms with Gasteiger partial charge in [0.15, 0.2) is 0 Å². The minimum Gasteiger partial charge on any atom is -0.494 e. The summed E-state index contributed by atoms with van der Waals surface area (Å²) in [6.45, 7) is 7.02. The molecule has 4 rings (SSSR count). The van der Waals surface area contributed by atoms with Gasteiger partial charge in [0.1, 0.15) is 11.6 Å². The molecule has 1 aromatic carbocycles. The van der Waals surface area contributed by atoms with Gasteiger partial charge in [-0.2, -0.15) is 4.98 Å². The zero-order chi connectivity index (χ0) is 22.2. The third kappa shape index (κ3) is 6.81. The monoisotopic (exact) mass is 438 g/mol. The van der Waals surface area contributed by atoms with Crippen LogP contribution in [0.4, 0.5) is 11.8 Å². The minimum absolute atomic E-state index is 0.411. The fourth-order valence-corrected chi connectivity index (χ4v) is 4.39. The van der Waals surface area contributed by atoms with Crippen molar-refractivity contribution < 1.29 is 4.74 Å². The van der Waals surface area contributed by atoms with Crippen LogP contribution in [0.15, 0.2) is 36.5 Å². The second-order valence-electron chi connectivity index (χ2n) is 9.32. The molecule has 0 spiro atoms. The summed E-state index contributed by atoms with van der Waals surface area (Å²) < 4.78 is 5.83. The second kappa shape index (κ2) is 11.5. The fourth-order valence-electron chi connectivity index (χ4n) is 4.39. The molecule has 0 saturated carbocycles. The molecular formula is C25H38N6O. The van der Waals surface area contributed by atoms with Crippen LogP contribution in [0.2, 0.25) is 0 Å². The Kier molecular flexibility index (Phi) is 8.18. The van der Waals surface area contributed by atoms with Crippen molar-refractivity contribution >= 4 is 11.8 Å². The Morgan fingerprint density at radius 2 is 1.78 bits per heavy atom. The SMILES string of the molecule is CN(C)CCCOc1ccc(CN2CC(Nc3nccc(N4CCCCCC4)n3)C2)cc1. The molecule has 2 saturated heterocycles. The van der Waals surface area contributed by atoms with E-state index in [1.165, 1.54) is 31.2 Å². The lowest BCUT2D eigenvalue weighted by atomic mass is 10.1. The molecule has 7 nitrogen and oxygen atoms in total. The lowest BCUT2D eigenvalue weighted by Crippen LogP contribution is -2.54. The van der Waals surface area contributed by atoms with Crippen LogP contribution in [0.1, 0.15) is 37.7 Å². The van der Waals surface area contributed by atoms with Crippen molar-refractivity contribution in [2.75, 3.05) is 63.6 Å². The first-order chi connectivity index (χ1) is 15.7. The molecule has 1 aromatic heterocycles. The van der Waals surface area contributed by atoms with Crippen molar-refractivity contribution in [3.05, 3.63) is 42.1 Å². The summed E-state index contributed by atoms with van der Waals surface area (Å²) in [6.07, 6.45) is 8.10. The van der Waals surface area contributed by atoms with Crippen molar-refractivity contribution in [3.8, 4) is 5.75 Å². The van der Waals surface area contributed by atoms with Gasteiger partial charge in [-0.05, 0) is 57.1 Å². The molecule has 2 aliphatic heterocycles. The van der Waals surface area contributed by atoms with E-state index in [0.717, 1.165) is 69.8 Å². The molecule has 0 aliphatic carbocycles. The van der Waals surface area contributed by atoms with Gasteiger partial charge in [0.2, 0.25) is 5.95 Å². The number of anilines is 2. The van der Waals surface area contributed by atoms with Gasteiger partial charge in [0, 0.05) is 45.5 Å². The summed E-state index contributed by atoms with van der Waals surface area (Å²) in [4.78, 5) is 16.3. The van der Waals surface area contributed by atoms with Crippen LogP contribution in [-0.4, -0.2) is 79.2 Å². The molecule has 0 bridgehead atoms. The van der Waals surface area contributed by atoms with Gasteiger partial charge in [-0.15, -0.1) is 0 Å². The zero-order valence-electron chi connectivity index (χ0n) is 19.7. The van der Waals surface area contributed by atoms with Gasteiger partial charge >= 0.3 is 0 Å². The van der Waals surface area contributed by atoms with Gasteiger partial charge in [0.05, 0.1) is 12.6 Å². The molecule has 0 amide bonds. The standard InChI is InChI=1S/C25H38N6O/c1-29(2)14-7-17-32-23-10-8-21(9-11-23)18-30-19-22(20-30)27-25-26-13-12-24(28-25)31-15-5-3-4-6-16-31/h8-13,22H,3-7,14-20H2,1-2H3,(H,26,27,28). The highest BCUT2D eigenvalue weighted by Gasteiger charge is 2.27. The van der Waals surface area contributed by atoms with Crippen LogP contribution >= 0.6 is 0 Å². The number of aromatic nitrogens is 2. The number of benzene rings is 1. The smallest absolute Gasteiger partial charge is 0.224 e. The molecule has 1 N–H and O–H groups in total. The normalized spacial score (nSPS) is 17.8. The quantitative estimate of drug-likeness (QED) is 0.570. The summed E-state index contributed by atoms with van der Waals surface area (Å²) in [5.74, 6) is 2.77. The molecule has 2 fully saturated rings. The summed E-state index contributed by atoms with van der Waals surface area (Å²) in [5, 5.41) is 3.52. The molecule has 32 heavy (non-hydrogen) atoms. The average Bonchev–Trinajstić information content (AvgIpc) is 3.06. The summed E-state index contributed by atoms with van der Waals surface area (Å²) in [7, 11) is 4.18. The first-order valence-electron chi connectivity index (χ1n) is 12.1. The first kappa shape index (κ1) is 22.8. The van der Waals surface area contributed by atoms with E-state index in [1.54, 1.807) is 0 Å². The first-order valence-corrected chi connectivity index (χ1v) is 12.1. The van der Waals surface area contributed by atoms with Crippen LogP contribution in [0.25, 0.3) is 0 Å². The third-order valence-electron chi connectivity index (χ3n) is 6.21. The lowest BCUT2D eigenvalue weighted by Gasteiger charge is -2.39. The van der Waals surface area contributed by atoms with Gasteiger partial charge in [0.25, 0.3) is 0 Å². The Balaban J connectivity index is 1.18. The predicted octanol–water partition coefficient (Wildman–Crippen LogP) is 3.48. The Bertz CT molecular complexity index is 813. The Hall–Kier alpha value is -2.38. The zero-order valence-corrected chi connectivity index (χ0v) is 19.7. The highest BCUT2D eigenvalue weighted by Crippen LogP contribution is 2.21. The number of likely N-dealkylation sites (tertiary alicyclic amines) is 1. The Morgan fingerprint density at radius 1 is 1.03 bits per heavy atom. The molecule has 0 radical (unpaired) electrons. The van der Waals surface area contributed by atoms with E-state index in [-0.39, 0.29) is 0 Å². The molecule has 2 aromatic rings. The molecular weight excluding hydrogens is 400 g/mol. The Morgan fingerprint density at radius 3 is 2.50 bits per heavy atom. The van der Waals surface area contributed by atoms with E-state index in [9.17, 15) is 0 Å². The van der Waals surface area contributed by atoms with Crippen LogP contribution in [-0.2, 0) is 6.54 Å². The minimum atomic E-state index is 0.411. The highest BCUT2D eigenvalue weighted by atomic mass is 16.5. The molecule has 0 unspecified atom stereocenters. The lowest BCUT2D eigenvalue weighted by molar-refractivity contribution is 0.152. The van der Waals surface area contributed by atoms with Crippen molar-refractivity contribution in [2.24, 2.45) is 0 Å². The molecule has 0 atom stereocenters. The van der Waals surface area contributed by atoms with Crippen molar-refractivity contribution in [3.63, 3.8) is 0 Å². The summed E-state index contributed by atoms with van der Waals surface area (Å²) in [6, 6.07) is 11.0. The van der Waals surface area contributed by atoms with Crippen molar-refractivity contribution in [1.82, 2.24) is 19.8 Å². The molecule has 3 heterocycles. The van der Waals surface area contributed by atoms with Gasteiger partial charge < -0.3 is 19.9 Å². The maximum Gasteiger partial charge on any atom is 0.224 e.